The van der Waals surface area contributed by atoms with Gasteiger partial charge in [0, 0.05) is 17.5 Å². The van der Waals surface area contributed by atoms with Crippen molar-refractivity contribution in [1.29, 1.82) is 0 Å². The van der Waals surface area contributed by atoms with Gasteiger partial charge in [0.05, 0.1) is 0 Å². The maximum Gasteiger partial charge on any atom is 0.371 e. The van der Waals surface area contributed by atoms with Crippen LogP contribution in [-0.2, 0) is 12.0 Å². The molecule has 4 nitrogen and oxygen atoms in total. The Hall–Kier alpha value is -1.00. The average Bonchev–Trinajstić information content (AvgIpc) is 2.69. The molecule has 5 heteroatoms. The van der Waals surface area contributed by atoms with Gasteiger partial charge in [-0.05, 0) is 19.2 Å². The second-order valence-corrected chi connectivity index (χ2v) is 5.48. The zero-order valence-electron chi connectivity index (χ0n) is 12.3. The van der Waals surface area contributed by atoms with Crippen molar-refractivity contribution in [3.63, 3.8) is 0 Å². The topological polar surface area (TPSA) is 53.7 Å². The molecule has 0 amide bonds. The van der Waals surface area contributed by atoms with Crippen LogP contribution in [0.2, 0.25) is 0 Å². The number of carbonyl (C=O) groups is 1. The van der Waals surface area contributed by atoms with Crippen LogP contribution < -0.4 is 0 Å². The molecule has 0 aliphatic heterocycles. The van der Waals surface area contributed by atoms with Crippen LogP contribution in [0.5, 0.6) is 0 Å². The van der Waals surface area contributed by atoms with E-state index in [4.69, 9.17) is 9.52 Å². The van der Waals surface area contributed by atoms with Gasteiger partial charge in [0.25, 0.3) is 0 Å². The third kappa shape index (κ3) is 4.55. The fourth-order valence-corrected chi connectivity index (χ4v) is 1.97. The standard InChI is InChI=1S/C14H23NO3.ClH/c1-6-15(7-2)9-10-8-11(13(16)17)18-12(10)14(3,4)5;/h8H,6-7,9H2,1-5H3,(H,16,17);1H. The number of carboxylic acids is 1. The van der Waals surface area contributed by atoms with Crippen LogP contribution in [0.1, 0.15) is 56.5 Å². The highest BCUT2D eigenvalue weighted by Crippen LogP contribution is 2.29. The zero-order valence-corrected chi connectivity index (χ0v) is 13.1. The molecule has 1 rings (SSSR count). The summed E-state index contributed by atoms with van der Waals surface area (Å²) < 4.78 is 5.50. The van der Waals surface area contributed by atoms with E-state index in [1.54, 1.807) is 6.07 Å². The molecule has 0 fully saturated rings. The van der Waals surface area contributed by atoms with Crippen LogP contribution in [0, 0.1) is 0 Å². The number of hydrogen-bond donors (Lipinski definition) is 1. The van der Waals surface area contributed by atoms with E-state index in [0.717, 1.165) is 31.0 Å². The van der Waals surface area contributed by atoms with E-state index in [1.807, 2.05) is 20.8 Å². The predicted octanol–water partition coefficient (Wildman–Crippen LogP) is 3.54. The molecule has 1 heterocycles. The first-order valence-corrected chi connectivity index (χ1v) is 6.38. The summed E-state index contributed by atoms with van der Waals surface area (Å²) >= 11 is 0. The SMILES string of the molecule is CCN(CC)Cc1cc(C(=O)O)oc1C(C)(C)C.Cl. The molecule has 0 atom stereocenters. The first kappa shape index (κ1) is 18.0. The number of hydrogen-bond acceptors (Lipinski definition) is 3. The smallest absolute Gasteiger partial charge is 0.371 e. The van der Waals surface area contributed by atoms with Gasteiger partial charge in [0.1, 0.15) is 5.76 Å². The molecule has 0 unspecified atom stereocenters. The van der Waals surface area contributed by atoms with E-state index in [0.29, 0.717) is 0 Å². The number of carboxylic acid groups (broad SMARTS) is 1. The molecular weight excluding hydrogens is 266 g/mol. The van der Waals surface area contributed by atoms with Gasteiger partial charge in [-0.1, -0.05) is 34.6 Å². The molecule has 0 aliphatic carbocycles. The maximum absolute atomic E-state index is 11.0. The van der Waals surface area contributed by atoms with Crippen molar-refractivity contribution in [2.45, 2.75) is 46.6 Å². The molecule has 1 aromatic rings. The van der Waals surface area contributed by atoms with E-state index >= 15 is 0 Å². The Morgan fingerprint density at radius 2 is 1.84 bits per heavy atom. The minimum Gasteiger partial charge on any atom is -0.475 e. The van der Waals surface area contributed by atoms with Crippen molar-refractivity contribution in [3.8, 4) is 0 Å². The predicted molar refractivity (Wildman–Crippen MR) is 78.2 cm³/mol. The molecule has 0 aromatic carbocycles. The first-order valence-electron chi connectivity index (χ1n) is 6.38. The van der Waals surface area contributed by atoms with Crippen LogP contribution in [-0.4, -0.2) is 29.1 Å². The maximum atomic E-state index is 11.0. The minimum absolute atomic E-state index is 0. The molecule has 0 saturated carbocycles. The van der Waals surface area contributed by atoms with Crippen LogP contribution in [0.4, 0.5) is 0 Å². The normalized spacial score (nSPS) is 11.5. The fraction of sp³-hybridized carbons (Fsp3) is 0.643. The van der Waals surface area contributed by atoms with Gasteiger partial charge < -0.3 is 9.52 Å². The summed E-state index contributed by atoms with van der Waals surface area (Å²) in [5.74, 6) is -0.208. The lowest BCUT2D eigenvalue weighted by Gasteiger charge is -2.21. The van der Waals surface area contributed by atoms with E-state index in [-0.39, 0.29) is 23.6 Å². The highest BCUT2D eigenvalue weighted by Gasteiger charge is 2.26. The number of halogens is 1. The monoisotopic (exact) mass is 289 g/mol. The summed E-state index contributed by atoms with van der Waals surface area (Å²) in [6.45, 7) is 12.9. The Morgan fingerprint density at radius 1 is 1.32 bits per heavy atom. The van der Waals surface area contributed by atoms with Crippen LogP contribution >= 0.6 is 12.4 Å². The van der Waals surface area contributed by atoms with Gasteiger partial charge >= 0.3 is 5.97 Å². The summed E-state index contributed by atoms with van der Waals surface area (Å²) in [6, 6.07) is 1.65. The average molecular weight is 290 g/mol. The van der Waals surface area contributed by atoms with Crippen LogP contribution in [0.3, 0.4) is 0 Å². The Morgan fingerprint density at radius 3 is 2.21 bits per heavy atom. The summed E-state index contributed by atoms with van der Waals surface area (Å²) in [6.07, 6.45) is 0. The number of furan rings is 1. The fourth-order valence-electron chi connectivity index (χ4n) is 1.97. The molecule has 0 bridgehead atoms. The van der Waals surface area contributed by atoms with Gasteiger partial charge in [-0.3, -0.25) is 4.90 Å². The largest absolute Gasteiger partial charge is 0.475 e. The molecular formula is C14H24ClNO3. The Kier molecular flexibility index (Phi) is 6.60. The molecule has 1 N–H and O–H groups in total. The van der Waals surface area contributed by atoms with Crippen molar-refractivity contribution < 1.29 is 14.3 Å². The lowest BCUT2D eigenvalue weighted by Crippen LogP contribution is -2.24. The molecule has 19 heavy (non-hydrogen) atoms. The lowest BCUT2D eigenvalue weighted by molar-refractivity contribution is 0.0658. The van der Waals surface area contributed by atoms with Crippen molar-refractivity contribution in [2.24, 2.45) is 0 Å². The van der Waals surface area contributed by atoms with E-state index < -0.39 is 5.97 Å². The van der Waals surface area contributed by atoms with Crippen molar-refractivity contribution in [1.82, 2.24) is 4.90 Å². The van der Waals surface area contributed by atoms with Gasteiger partial charge in [-0.2, -0.15) is 0 Å². The van der Waals surface area contributed by atoms with Gasteiger partial charge in [0.2, 0.25) is 5.76 Å². The van der Waals surface area contributed by atoms with E-state index in [2.05, 4.69) is 18.7 Å². The van der Waals surface area contributed by atoms with Crippen molar-refractivity contribution >= 4 is 18.4 Å². The number of aromatic carboxylic acids is 1. The molecule has 0 saturated heterocycles. The van der Waals surface area contributed by atoms with Crippen LogP contribution in [0.25, 0.3) is 0 Å². The van der Waals surface area contributed by atoms with E-state index in [9.17, 15) is 4.79 Å². The zero-order chi connectivity index (χ0) is 13.9. The summed E-state index contributed by atoms with van der Waals surface area (Å²) in [7, 11) is 0. The van der Waals surface area contributed by atoms with Crippen molar-refractivity contribution in [3.05, 3.63) is 23.2 Å². The highest BCUT2D eigenvalue weighted by molar-refractivity contribution is 5.85. The summed E-state index contributed by atoms with van der Waals surface area (Å²) in [5, 5.41) is 9.03. The summed E-state index contributed by atoms with van der Waals surface area (Å²) in [5.41, 5.74) is 0.791. The van der Waals surface area contributed by atoms with Crippen molar-refractivity contribution in [2.75, 3.05) is 13.1 Å². The highest BCUT2D eigenvalue weighted by atomic mass is 35.5. The third-order valence-electron chi connectivity index (χ3n) is 2.99. The second-order valence-electron chi connectivity index (χ2n) is 5.48. The Balaban J connectivity index is 0.00000324. The Labute approximate surface area is 121 Å². The summed E-state index contributed by atoms with van der Waals surface area (Å²) in [4.78, 5) is 13.3. The van der Waals surface area contributed by atoms with Gasteiger partial charge in [0.15, 0.2) is 0 Å². The van der Waals surface area contributed by atoms with Crippen LogP contribution in [0.15, 0.2) is 10.5 Å². The second kappa shape index (κ2) is 6.96. The van der Waals surface area contributed by atoms with E-state index in [1.165, 1.54) is 0 Å². The molecule has 1 aromatic heterocycles. The van der Waals surface area contributed by atoms with Gasteiger partial charge in [-0.15, -0.1) is 12.4 Å². The lowest BCUT2D eigenvalue weighted by atomic mass is 9.90. The minimum atomic E-state index is -1.01. The molecule has 0 radical (unpaired) electrons. The number of nitrogens with zero attached hydrogens (tertiary/aromatic N) is 1. The quantitative estimate of drug-likeness (QED) is 0.901. The number of rotatable bonds is 5. The molecule has 0 aliphatic rings. The first-order chi connectivity index (χ1) is 8.29. The Bertz CT molecular complexity index is 417. The molecule has 110 valence electrons. The molecule has 0 spiro atoms. The third-order valence-corrected chi connectivity index (χ3v) is 2.99. The van der Waals surface area contributed by atoms with Gasteiger partial charge in [-0.25, -0.2) is 4.79 Å².